The molecule has 0 bridgehead atoms. The van der Waals surface area contributed by atoms with Gasteiger partial charge in [0.2, 0.25) is 0 Å². The molecule has 30 heavy (non-hydrogen) atoms. The van der Waals surface area contributed by atoms with Gasteiger partial charge in [0.1, 0.15) is 6.61 Å². The van der Waals surface area contributed by atoms with E-state index in [2.05, 4.69) is 24.9 Å². The highest BCUT2D eigenvalue weighted by atomic mass is 35.5. The number of nitrogens with zero attached hydrogens (tertiary/aromatic N) is 1. The molecule has 0 N–H and O–H groups in total. The van der Waals surface area contributed by atoms with Crippen molar-refractivity contribution in [1.29, 1.82) is 0 Å². The van der Waals surface area contributed by atoms with Crippen molar-refractivity contribution in [2.24, 2.45) is 4.99 Å². The second-order valence-electron chi connectivity index (χ2n) is 6.76. The lowest BCUT2D eigenvalue weighted by Crippen LogP contribution is -2.02. The van der Waals surface area contributed by atoms with E-state index in [1.54, 1.807) is 24.4 Å². The van der Waals surface area contributed by atoms with Gasteiger partial charge in [0.15, 0.2) is 11.5 Å². The Kier molecular flexibility index (Phi) is 7.65. The first-order chi connectivity index (χ1) is 14.4. The number of benzene rings is 3. The summed E-state index contributed by atoms with van der Waals surface area (Å²) in [6.07, 6.45) is 1.77. The van der Waals surface area contributed by atoms with E-state index in [0.717, 1.165) is 22.4 Å². The Morgan fingerprint density at radius 2 is 1.73 bits per heavy atom. The van der Waals surface area contributed by atoms with Gasteiger partial charge >= 0.3 is 0 Å². The maximum Gasteiger partial charge on any atom is 0.180 e. The van der Waals surface area contributed by atoms with Crippen LogP contribution >= 0.6 is 34.8 Å². The molecule has 0 aliphatic heterocycles. The molecular formula is C24H22Cl3NO2. The average Bonchev–Trinajstić information content (AvgIpc) is 2.70. The Morgan fingerprint density at radius 3 is 2.47 bits per heavy atom. The fraction of sp³-hybridized carbons (Fsp3) is 0.208. The molecule has 156 valence electrons. The minimum Gasteiger partial charge on any atom is -0.490 e. The number of aliphatic imine (C=N–C) groups is 1. The standard InChI is InChI=1S/C24H22Cl3NO2/c1-4-29-23-11-17(13-28-22-7-5-6-15(2)16(22)3)10-21(27)24(23)30-14-18-8-9-19(25)12-20(18)26/h5-13H,4,14H2,1-3H3. The second-order valence-corrected chi connectivity index (χ2v) is 8.02. The molecule has 3 aromatic rings. The van der Waals surface area contributed by atoms with Crippen LogP contribution in [0.25, 0.3) is 0 Å². The van der Waals surface area contributed by atoms with E-state index in [-0.39, 0.29) is 6.61 Å². The third kappa shape index (κ3) is 5.48. The number of hydrogen-bond acceptors (Lipinski definition) is 3. The van der Waals surface area contributed by atoms with E-state index in [0.29, 0.717) is 33.2 Å². The molecule has 3 rings (SSSR count). The Balaban J connectivity index is 1.86. The third-order valence-electron chi connectivity index (χ3n) is 4.65. The van der Waals surface area contributed by atoms with Gasteiger partial charge in [0.05, 0.1) is 17.3 Å². The summed E-state index contributed by atoms with van der Waals surface area (Å²) in [6, 6.07) is 15.0. The Morgan fingerprint density at radius 1 is 0.933 bits per heavy atom. The quantitative estimate of drug-likeness (QED) is 0.333. The van der Waals surface area contributed by atoms with Crippen LogP contribution in [0.1, 0.15) is 29.2 Å². The molecule has 0 atom stereocenters. The van der Waals surface area contributed by atoms with Crippen LogP contribution in [0.5, 0.6) is 11.5 Å². The molecule has 0 aliphatic carbocycles. The summed E-state index contributed by atoms with van der Waals surface area (Å²) >= 11 is 18.7. The predicted octanol–water partition coefficient (Wildman–Crippen LogP) is 7.99. The zero-order chi connectivity index (χ0) is 21.7. The first-order valence-corrected chi connectivity index (χ1v) is 10.7. The van der Waals surface area contributed by atoms with E-state index >= 15 is 0 Å². The van der Waals surface area contributed by atoms with Crippen LogP contribution in [0.3, 0.4) is 0 Å². The monoisotopic (exact) mass is 461 g/mol. The van der Waals surface area contributed by atoms with Gasteiger partial charge in [-0.25, -0.2) is 0 Å². The van der Waals surface area contributed by atoms with E-state index < -0.39 is 0 Å². The first kappa shape index (κ1) is 22.5. The van der Waals surface area contributed by atoms with Gasteiger partial charge in [-0.15, -0.1) is 0 Å². The van der Waals surface area contributed by atoms with Gasteiger partial charge < -0.3 is 9.47 Å². The number of ether oxygens (including phenoxy) is 2. The van der Waals surface area contributed by atoms with Crippen molar-refractivity contribution in [2.75, 3.05) is 6.61 Å². The van der Waals surface area contributed by atoms with Crippen molar-refractivity contribution in [3.63, 3.8) is 0 Å². The number of rotatable bonds is 7. The molecule has 0 aliphatic rings. The first-order valence-electron chi connectivity index (χ1n) is 9.52. The SMILES string of the molecule is CCOc1cc(C=Nc2cccc(C)c2C)cc(Cl)c1OCc1ccc(Cl)cc1Cl. The van der Waals surface area contributed by atoms with Crippen molar-refractivity contribution in [2.45, 2.75) is 27.4 Å². The molecule has 0 radical (unpaired) electrons. The van der Waals surface area contributed by atoms with Gasteiger partial charge in [0, 0.05) is 21.8 Å². The van der Waals surface area contributed by atoms with E-state index in [1.165, 1.54) is 5.56 Å². The summed E-state index contributed by atoms with van der Waals surface area (Å²) in [7, 11) is 0. The molecule has 0 saturated heterocycles. The summed E-state index contributed by atoms with van der Waals surface area (Å²) in [6.45, 7) is 6.75. The Bertz CT molecular complexity index is 1080. The van der Waals surface area contributed by atoms with Crippen molar-refractivity contribution in [3.8, 4) is 11.5 Å². The minimum atomic E-state index is 0.242. The number of halogens is 3. The largest absolute Gasteiger partial charge is 0.490 e. The molecule has 3 aromatic carbocycles. The highest BCUT2D eigenvalue weighted by Crippen LogP contribution is 2.37. The highest BCUT2D eigenvalue weighted by molar-refractivity contribution is 6.35. The third-order valence-corrected chi connectivity index (χ3v) is 5.52. The molecule has 0 saturated carbocycles. The number of aryl methyl sites for hydroxylation is 1. The number of hydrogen-bond donors (Lipinski definition) is 0. The molecule has 6 heteroatoms. The van der Waals surface area contributed by atoms with Gasteiger partial charge in [-0.05, 0) is 67.8 Å². The van der Waals surface area contributed by atoms with Crippen molar-refractivity contribution in [1.82, 2.24) is 0 Å². The van der Waals surface area contributed by atoms with Crippen molar-refractivity contribution >= 4 is 46.7 Å². The normalized spacial score (nSPS) is 11.1. The smallest absolute Gasteiger partial charge is 0.180 e. The molecule has 0 unspecified atom stereocenters. The van der Waals surface area contributed by atoms with Crippen LogP contribution in [0.4, 0.5) is 5.69 Å². The van der Waals surface area contributed by atoms with Crippen molar-refractivity contribution in [3.05, 3.63) is 85.9 Å². The van der Waals surface area contributed by atoms with Crippen LogP contribution in [-0.4, -0.2) is 12.8 Å². The van der Waals surface area contributed by atoms with E-state index in [9.17, 15) is 0 Å². The van der Waals surface area contributed by atoms with Crippen LogP contribution in [0.15, 0.2) is 53.5 Å². The second kappa shape index (κ2) is 10.2. The molecule has 0 fully saturated rings. The van der Waals surface area contributed by atoms with E-state index in [1.807, 2.05) is 31.2 Å². The summed E-state index contributed by atoms with van der Waals surface area (Å²) in [5.74, 6) is 1.02. The molecule has 0 heterocycles. The van der Waals surface area contributed by atoms with Crippen LogP contribution in [0, 0.1) is 13.8 Å². The maximum absolute atomic E-state index is 6.52. The predicted molar refractivity (Wildman–Crippen MR) is 127 cm³/mol. The zero-order valence-corrected chi connectivity index (χ0v) is 19.3. The fourth-order valence-electron chi connectivity index (χ4n) is 2.87. The summed E-state index contributed by atoms with van der Waals surface area (Å²) in [5, 5.41) is 1.55. The maximum atomic E-state index is 6.52. The lowest BCUT2D eigenvalue weighted by Gasteiger charge is -2.15. The van der Waals surface area contributed by atoms with Gasteiger partial charge in [-0.1, -0.05) is 53.0 Å². The van der Waals surface area contributed by atoms with Gasteiger partial charge in [-0.2, -0.15) is 0 Å². The summed E-state index contributed by atoms with van der Waals surface area (Å²) in [5.41, 5.74) is 4.88. The van der Waals surface area contributed by atoms with Crippen LogP contribution in [-0.2, 0) is 6.61 Å². The Labute approximate surface area is 192 Å². The Hall–Kier alpha value is -2.20. The highest BCUT2D eigenvalue weighted by Gasteiger charge is 2.13. The minimum absolute atomic E-state index is 0.242. The van der Waals surface area contributed by atoms with Gasteiger partial charge in [-0.3, -0.25) is 4.99 Å². The van der Waals surface area contributed by atoms with Crippen molar-refractivity contribution < 1.29 is 9.47 Å². The van der Waals surface area contributed by atoms with Crippen LogP contribution < -0.4 is 9.47 Å². The molecular weight excluding hydrogens is 441 g/mol. The fourth-order valence-corrected chi connectivity index (χ4v) is 3.61. The van der Waals surface area contributed by atoms with E-state index in [4.69, 9.17) is 44.3 Å². The van der Waals surface area contributed by atoms with Crippen LogP contribution in [0.2, 0.25) is 15.1 Å². The topological polar surface area (TPSA) is 30.8 Å². The zero-order valence-electron chi connectivity index (χ0n) is 17.0. The molecule has 0 spiro atoms. The lowest BCUT2D eigenvalue weighted by molar-refractivity contribution is 0.269. The molecule has 0 aromatic heterocycles. The summed E-state index contributed by atoms with van der Waals surface area (Å²) in [4.78, 5) is 4.61. The average molecular weight is 463 g/mol. The summed E-state index contributed by atoms with van der Waals surface area (Å²) < 4.78 is 11.7. The van der Waals surface area contributed by atoms with Gasteiger partial charge in [0.25, 0.3) is 0 Å². The molecule has 3 nitrogen and oxygen atoms in total. The lowest BCUT2D eigenvalue weighted by atomic mass is 10.1. The molecule has 0 amide bonds.